The minimum absolute atomic E-state index is 0.792. The highest BCUT2D eigenvalue weighted by Crippen LogP contribution is 1.76. The first kappa shape index (κ1) is 10.2. The molecule has 0 aromatic heterocycles. The zero-order valence-electron chi connectivity index (χ0n) is 6.53. The smallest absolute Gasteiger partial charge is 0.0591 e. The predicted octanol–water partition coefficient (Wildman–Crippen LogP) is 1.24. The van der Waals surface area contributed by atoms with E-state index in [0.717, 1.165) is 38.6 Å². The Bertz CT molecular complexity index is 44.1. The number of ether oxygens (including phenoxy) is 1. The average Bonchev–Trinajstić information content (AvgIpc) is 2.08. The molecular formula is C7H16ClNO. The molecule has 0 aliphatic carbocycles. The van der Waals surface area contributed by atoms with E-state index in [9.17, 15) is 0 Å². The molecule has 10 heavy (non-hydrogen) atoms. The van der Waals surface area contributed by atoms with Crippen molar-refractivity contribution in [3.05, 3.63) is 0 Å². The number of alkyl halides is 1. The monoisotopic (exact) mass is 165 g/mol. The molecule has 0 unspecified atom stereocenters. The molecule has 1 N–H and O–H groups in total. The first-order valence-electron chi connectivity index (χ1n) is 3.76. The number of hydrogen-bond donors (Lipinski definition) is 1. The second kappa shape index (κ2) is 9.21. The number of hydrogen-bond acceptors (Lipinski definition) is 2. The molecule has 1 aliphatic rings. The topological polar surface area (TPSA) is 21.3 Å². The van der Waals surface area contributed by atoms with Gasteiger partial charge >= 0.3 is 0 Å². The molecule has 62 valence electrons. The summed E-state index contributed by atoms with van der Waals surface area (Å²) in [5.74, 6) is 0.792. The molecule has 1 aliphatic heterocycles. The average molecular weight is 166 g/mol. The van der Waals surface area contributed by atoms with E-state index in [1.54, 1.807) is 0 Å². The van der Waals surface area contributed by atoms with Gasteiger partial charge in [0, 0.05) is 19.0 Å². The van der Waals surface area contributed by atoms with Crippen molar-refractivity contribution in [3.63, 3.8) is 0 Å². The van der Waals surface area contributed by atoms with Crippen LogP contribution in [0, 0.1) is 0 Å². The molecule has 0 amide bonds. The SMILES string of the molecule is C1COCCN1.CCCCl. The van der Waals surface area contributed by atoms with Crippen LogP contribution in [0.3, 0.4) is 0 Å². The number of nitrogens with one attached hydrogen (secondary N) is 1. The Morgan fingerprint density at radius 3 is 2.00 bits per heavy atom. The maximum atomic E-state index is 5.19. The lowest BCUT2D eigenvalue weighted by atomic mass is 10.5. The minimum Gasteiger partial charge on any atom is -0.379 e. The molecule has 0 spiro atoms. The van der Waals surface area contributed by atoms with Crippen LogP contribution in [0.15, 0.2) is 0 Å². The van der Waals surface area contributed by atoms with Crippen molar-refractivity contribution in [2.45, 2.75) is 13.3 Å². The van der Waals surface area contributed by atoms with Crippen molar-refractivity contribution in [3.8, 4) is 0 Å². The fourth-order valence-electron chi connectivity index (χ4n) is 0.516. The summed E-state index contributed by atoms with van der Waals surface area (Å²) in [5, 5.41) is 3.16. The second-order valence-electron chi connectivity index (χ2n) is 2.05. The Morgan fingerprint density at radius 2 is 1.90 bits per heavy atom. The molecule has 1 rings (SSSR count). The Hall–Kier alpha value is 0.210. The quantitative estimate of drug-likeness (QED) is 0.591. The summed E-state index contributed by atoms with van der Waals surface area (Å²) in [7, 11) is 0. The highest BCUT2D eigenvalue weighted by Gasteiger charge is 1.92. The van der Waals surface area contributed by atoms with Crippen LogP contribution < -0.4 is 5.32 Å². The van der Waals surface area contributed by atoms with Crippen molar-refractivity contribution in [1.29, 1.82) is 0 Å². The Kier molecular flexibility index (Phi) is 9.40. The molecular weight excluding hydrogens is 150 g/mol. The van der Waals surface area contributed by atoms with Crippen LogP contribution in [0.25, 0.3) is 0 Å². The van der Waals surface area contributed by atoms with Gasteiger partial charge in [-0.25, -0.2) is 0 Å². The fourth-order valence-corrected chi connectivity index (χ4v) is 0.516. The van der Waals surface area contributed by atoms with Crippen LogP contribution >= 0.6 is 11.6 Å². The normalized spacial score (nSPS) is 17.4. The van der Waals surface area contributed by atoms with E-state index in [1.807, 2.05) is 6.92 Å². The van der Waals surface area contributed by atoms with Crippen LogP contribution in [-0.4, -0.2) is 32.2 Å². The van der Waals surface area contributed by atoms with E-state index in [1.165, 1.54) is 0 Å². The molecule has 2 nitrogen and oxygen atoms in total. The van der Waals surface area contributed by atoms with Crippen molar-refractivity contribution in [2.75, 3.05) is 32.2 Å². The highest BCUT2D eigenvalue weighted by molar-refractivity contribution is 6.17. The van der Waals surface area contributed by atoms with Crippen LogP contribution in [0.2, 0.25) is 0 Å². The highest BCUT2D eigenvalue weighted by atomic mass is 35.5. The summed E-state index contributed by atoms with van der Waals surface area (Å²) in [5.41, 5.74) is 0. The Morgan fingerprint density at radius 1 is 1.40 bits per heavy atom. The molecule has 0 bridgehead atoms. The predicted molar refractivity (Wildman–Crippen MR) is 44.7 cm³/mol. The maximum absolute atomic E-state index is 5.19. The number of rotatable bonds is 1. The maximum Gasteiger partial charge on any atom is 0.0591 e. The minimum atomic E-state index is 0.792. The van der Waals surface area contributed by atoms with E-state index in [-0.39, 0.29) is 0 Å². The standard InChI is InChI=1S/C4H9NO.C3H7Cl/c1-3-6-4-2-5-1;1-2-3-4/h5H,1-4H2;2-3H2,1H3. The third-order valence-corrected chi connectivity index (χ3v) is 1.41. The lowest BCUT2D eigenvalue weighted by molar-refractivity contribution is 0.109. The van der Waals surface area contributed by atoms with Gasteiger partial charge in [0.25, 0.3) is 0 Å². The zero-order chi connectivity index (χ0) is 7.66. The molecule has 0 saturated carbocycles. The van der Waals surface area contributed by atoms with E-state index in [4.69, 9.17) is 16.3 Å². The van der Waals surface area contributed by atoms with Gasteiger partial charge in [-0.15, -0.1) is 11.6 Å². The molecule has 3 heteroatoms. The van der Waals surface area contributed by atoms with Crippen molar-refractivity contribution in [1.82, 2.24) is 5.32 Å². The number of morpholine rings is 1. The van der Waals surface area contributed by atoms with Crippen LogP contribution in [0.5, 0.6) is 0 Å². The third-order valence-electron chi connectivity index (χ3n) is 1.04. The van der Waals surface area contributed by atoms with Gasteiger partial charge in [0.05, 0.1) is 13.2 Å². The van der Waals surface area contributed by atoms with E-state index in [2.05, 4.69) is 5.32 Å². The Balaban J connectivity index is 0.000000180. The van der Waals surface area contributed by atoms with Crippen LogP contribution in [0.1, 0.15) is 13.3 Å². The first-order valence-corrected chi connectivity index (χ1v) is 4.29. The summed E-state index contributed by atoms with van der Waals surface area (Å²) in [6, 6.07) is 0. The largest absolute Gasteiger partial charge is 0.379 e. The van der Waals surface area contributed by atoms with E-state index in [0.29, 0.717) is 0 Å². The van der Waals surface area contributed by atoms with E-state index >= 15 is 0 Å². The molecule has 1 fully saturated rings. The molecule has 0 radical (unpaired) electrons. The molecule has 0 atom stereocenters. The van der Waals surface area contributed by atoms with Gasteiger partial charge in [0.2, 0.25) is 0 Å². The van der Waals surface area contributed by atoms with Gasteiger partial charge in [0.15, 0.2) is 0 Å². The van der Waals surface area contributed by atoms with E-state index < -0.39 is 0 Å². The second-order valence-corrected chi connectivity index (χ2v) is 2.43. The number of halogens is 1. The van der Waals surface area contributed by atoms with Crippen molar-refractivity contribution >= 4 is 11.6 Å². The first-order chi connectivity index (χ1) is 4.91. The summed E-state index contributed by atoms with van der Waals surface area (Å²) in [6.45, 7) is 5.88. The summed E-state index contributed by atoms with van der Waals surface area (Å²) in [4.78, 5) is 0. The lowest BCUT2D eigenvalue weighted by Crippen LogP contribution is -2.30. The Labute approximate surface area is 67.9 Å². The molecule has 0 aromatic rings. The van der Waals surface area contributed by atoms with Crippen LogP contribution in [0.4, 0.5) is 0 Å². The van der Waals surface area contributed by atoms with Gasteiger partial charge in [-0.3, -0.25) is 0 Å². The lowest BCUT2D eigenvalue weighted by Gasteiger charge is -2.10. The summed E-state index contributed by atoms with van der Waals surface area (Å²) in [6.07, 6.45) is 1.08. The summed E-state index contributed by atoms with van der Waals surface area (Å²) < 4.78 is 5.01. The third kappa shape index (κ3) is 8.21. The van der Waals surface area contributed by atoms with Gasteiger partial charge < -0.3 is 10.1 Å². The molecule has 1 saturated heterocycles. The fraction of sp³-hybridized carbons (Fsp3) is 1.00. The van der Waals surface area contributed by atoms with Crippen LogP contribution in [-0.2, 0) is 4.74 Å². The zero-order valence-corrected chi connectivity index (χ0v) is 7.28. The molecule has 1 heterocycles. The van der Waals surface area contributed by atoms with Gasteiger partial charge in [-0.2, -0.15) is 0 Å². The molecule has 0 aromatic carbocycles. The van der Waals surface area contributed by atoms with Gasteiger partial charge in [-0.1, -0.05) is 6.92 Å². The van der Waals surface area contributed by atoms with Crippen molar-refractivity contribution in [2.24, 2.45) is 0 Å². The van der Waals surface area contributed by atoms with Gasteiger partial charge in [-0.05, 0) is 6.42 Å². The summed E-state index contributed by atoms with van der Waals surface area (Å²) >= 11 is 5.19. The van der Waals surface area contributed by atoms with Crippen molar-refractivity contribution < 1.29 is 4.74 Å². The van der Waals surface area contributed by atoms with Gasteiger partial charge in [0.1, 0.15) is 0 Å².